The number of halogens is 3. The molecule has 0 spiro atoms. The molecule has 0 unspecified atom stereocenters. The van der Waals surface area contributed by atoms with Gasteiger partial charge in [0.05, 0.1) is 22.1 Å². The minimum absolute atomic E-state index is 0.00715. The topological polar surface area (TPSA) is 93.7 Å². The van der Waals surface area contributed by atoms with Crippen molar-refractivity contribution in [3.05, 3.63) is 76.5 Å². The summed E-state index contributed by atoms with van der Waals surface area (Å²) in [6.07, 6.45) is 0. The highest BCUT2D eigenvalue weighted by Gasteiger charge is 2.17. The van der Waals surface area contributed by atoms with Crippen LogP contribution in [-0.2, 0) is 14.8 Å². The predicted octanol–water partition coefficient (Wildman–Crippen LogP) is 4.96. The van der Waals surface area contributed by atoms with Gasteiger partial charge in [-0.15, -0.1) is 0 Å². The van der Waals surface area contributed by atoms with Crippen LogP contribution in [0.1, 0.15) is 0 Å². The lowest BCUT2D eigenvalue weighted by molar-refractivity contribution is -0.118. The number of benzene rings is 3. The van der Waals surface area contributed by atoms with E-state index in [4.69, 9.17) is 32.7 Å². The summed E-state index contributed by atoms with van der Waals surface area (Å²) < 4.78 is 50.8. The Hall–Kier alpha value is -3.01. The maximum Gasteiger partial charge on any atom is 0.262 e. The van der Waals surface area contributed by atoms with E-state index in [-0.39, 0.29) is 28.0 Å². The molecule has 0 aromatic heterocycles. The lowest BCUT2D eigenvalue weighted by Crippen LogP contribution is -2.20. The van der Waals surface area contributed by atoms with Crippen molar-refractivity contribution in [1.29, 1.82) is 0 Å². The summed E-state index contributed by atoms with van der Waals surface area (Å²) in [6, 6.07) is 13.4. The highest BCUT2D eigenvalue weighted by molar-refractivity contribution is 7.92. The molecule has 0 saturated carbocycles. The Bertz CT molecular complexity index is 1240. The van der Waals surface area contributed by atoms with Gasteiger partial charge in [0, 0.05) is 11.4 Å². The zero-order valence-corrected chi connectivity index (χ0v) is 18.9. The number of hydrogen-bond acceptors (Lipinski definition) is 5. The Kier molecular flexibility index (Phi) is 7.44. The quantitative estimate of drug-likeness (QED) is 0.457. The normalized spacial score (nSPS) is 11.0. The number of anilines is 2. The van der Waals surface area contributed by atoms with Gasteiger partial charge in [-0.25, -0.2) is 12.8 Å². The van der Waals surface area contributed by atoms with E-state index in [9.17, 15) is 17.6 Å². The van der Waals surface area contributed by atoms with E-state index < -0.39 is 21.7 Å². The Balaban J connectivity index is 1.63. The van der Waals surface area contributed by atoms with Gasteiger partial charge in [0.1, 0.15) is 17.3 Å². The van der Waals surface area contributed by atoms with Crippen LogP contribution in [0.25, 0.3) is 0 Å². The van der Waals surface area contributed by atoms with Crippen molar-refractivity contribution in [2.45, 2.75) is 4.90 Å². The van der Waals surface area contributed by atoms with Crippen LogP contribution in [0.3, 0.4) is 0 Å². The first kappa shape index (κ1) is 23.6. The van der Waals surface area contributed by atoms with Crippen molar-refractivity contribution in [1.82, 2.24) is 0 Å². The smallest absolute Gasteiger partial charge is 0.262 e. The summed E-state index contributed by atoms with van der Waals surface area (Å²) >= 11 is 12.1. The van der Waals surface area contributed by atoms with E-state index in [0.717, 1.165) is 12.1 Å². The van der Waals surface area contributed by atoms with Gasteiger partial charge in [-0.3, -0.25) is 9.52 Å². The molecule has 0 saturated heterocycles. The molecule has 1 amide bonds. The standard InChI is InChI=1S/C21H17Cl2FN2O5S/c1-30-19-8-6-15(10-17(19)22)25-21(27)12-31-20-9-7-16(11-18(20)23)32(28,29)26-14-4-2-13(24)3-5-14/h2-11,26H,12H2,1H3,(H,25,27). The molecule has 168 valence electrons. The number of amides is 1. The zero-order chi connectivity index (χ0) is 23.3. The molecule has 0 atom stereocenters. The molecule has 32 heavy (non-hydrogen) atoms. The van der Waals surface area contributed by atoms with Gasteiger partial charge in [-0.1, -0.05) is 23.2 Å². The average molecular weight is 499 g/mol. The molecule has 3 aromatic carbocycles. The summed E-state index contributed by atoms with van der Waals surface area (Å²) in [7, 11) is -2.48. The maximum absolute atomic E-state index is 13.0. The number of carbonyl (C=O) groups is 1. The summed E-state index contributed by atoms with van der Waals surface area (Å²) in [6.45, 7) is -0.372. The summed E-state index contributed by atoms with van der Waals surface area (Å²) in [5, 5.41) is 2.94. The molecule has 0 fully saturated rings. The SMILES string of the molecule is COc1ccc(NC(=O)COc2ccc(S(=O)(=O)Nc3ccc(F)cc3)cc2Cl)cc1Cl. The zero-order valence-electron chi connectivity index (χ0n) is 16.6. The van der Waals surface area contributed by atoms with Crippen LogP contribution in [0.5, 0.6) is 11.5 Å². The van der Waals surface area contributed by atoms with Crippen molar-refractivity contribution in [3.63, 3.8) is 0 Å². The third-order valence-corrected chi connectivity index (χ3v) is 6.07. The van der Waals surface area contributed by atoms with Crippen LogP contribution in [0, 0.1) is 5.82 Å². The fourth-order valence-corrected chi connectivity index (χ4v) is 4.22. The van der Waals surface area contributed by atoms with Gasteiger partial charge >= 0.3 is 0 Å². The third-order valence-electron chi connectivity index (χ3n) is 4.10. The van der Waals surface area contributed by atoms with E-state index in [2.05, 4.69) is 10.0 Å². The monoisotopic (exact) mass is 498 g/mol. The highest BCUT2D eigenvalue weighted by atomic mass is 35.5. The Morgan fingerprint density at radius 3 is 2.19 bits per heavy atom. The summed E-state index contributed by atoms with van der Waals surface area (Å²) in [5.41, 5.74) is 0.641. The molecule has 0 aliphatic heterocycles. The van der Waals surface area contributed by atoms with Crippen molar-refractivity contribution < 1.29 is 27.1 Å². The molecule has 0 bridgehead atoms. The van der Waals surface area contributed by atoms with E-state index in [1.54, 1.807) is 12.1 Å². The second-order valence-corrected chi connectivity index (χ2v) is 8.89. The molecule has 0 radical (unpaired) electrons. The third kappa shape index (κ3) is 6.03. The van der Waals surface area contributed by atoms with Gasteiger partial charge < -0.3 is 14.8 Å². The highest BCUT2D eigenvalue weighted by Crippen LogP contribution is 2.29. The second-order valence-electron chi connectivity index (χ2n) is 6.39. The second kappa shape index (κ2) is 10.1. The van der Waals surface area contributed by atoms with Crippen molar-refractivity contribution >= 4 is 50.5 Å². The number of ether oxygens (including phenoxy) is 2. The van der Waals surface area contributed by atoms with E-state index in [0.29, 0.717) is 16.5 Å². The van der Waals surface area contributed by atoms with Gasteiger partial charge in [-0.2, -0.15) is 0 Å². The van der Waals surface area contributed by atoms with Crippen LogP contribution in [-0.4, -0.2) is 28.0 Å². The Morgan fingerprint density at radius 1 is 0.938 bits per heavy atom. The molecular weight excluding hydrogens is 482 g/mol. The number of hydrogen-bond donors (Lipinski definition) is 2. The number of sulfonamides is 1. The van der Waals surface area contributed by atoms with Crippen LogP contribution in [0.15, 0.2) is 65.6 Å². The van der Waals surface area contributed by atoms with Gasteiger partial charge in [0.25, 0.3) is 15.9 Å². The fourth-order valence-electron chi connectivity index (χ4n) is 2.58. The minimum atomic E-state index is -3.96. The van der Waals surface area contributed by atoms with Crippen molar-refractivity contribution in [2.75, 3.05) is 23.8 Å². The number of carbonyl (C=O) groups excluding carboxylic acids is 1. The van der Waals surface area contributed by atoms with Crippen molar-refractivity contribution in [3.8, 4) is 11.5 Å². The minimum Gasteiger partial charge on any atom is -0.495 e. The van der Waals surface area contributed by atoms with E-state index in [1.807, 2.05) is 0 Å². The van der Waals surface area contributed by atoms with Gasteiger partial charge in [-0.05, 0) is 60.7 Å². The number of nitrogens with one attached hydrogen (secondary N) is 2. The lowest BCUT2D eigenvalue weighted by atomic mass is 10.3. The summed E-state index contributed by atoms with van der Waals surface area (Å²) in [5.74, 6) is -0.374. The largest absolute Gasteiger partial charge is 0.495 e. The fraction of sp³-hybridized carbons (Fsp3) is 0.0952. The predicted molar refractivity (Wildman–Crippen MR) is 121 cm³/mol. The van der Waals surface area contributed by atoms with Gasteiger partial charge in [0.15, 0.2) is 6.61 Å². The molecule has 3 aromatic rings. The molecule has 0 aliphatic carbocycles. The van der Waals surface area contributed by atoms with Crippen LogP contribution >= 0.6 is 23.2 Å². The molecule has 3 rings (SSSR count). The number of rotatable bonds is 8. The molecule has 2 N–H and O–H groups in total. The van der Waals surface area contributed by atoms with Gasteiger partial charge in [0.2, 0.25) is 0 Å². The van der Waals surface area contributed by atoms with Crippen LogP contribution < -0.4 is 19.5 Å². The first-order valence-corrected chi connectivity index (χ1v) is 11.3. The first-order chi connectivity index (χ1) is 15.2. The average Bonchev–Trinajstić information content (AvgIpc) is 2.74. The Morgan fingerprint density at radius 2 is 1.56 bits per heavy atom. The van der Waals surface area contributed by atoms with Crippen LogP contribution in [0.4, 0.5) is 15.8 Å². The molecule has 11 heteroatoms. The molecular formula is C21H17Cl2FN2O5S. The lowest BCUT2D eigenvalue weighted by Gasteiger charge is -2.12. The molecule has 0 heterocycles. The maximum atomic E-state index is 13.0. The van der Waals surface area contributed by atoms with E-state index in [1.165, 1.54) is 43.5 Å². The molecule has 7 nitrogen and oxygen atoms in total. The first-order valence-electron chi connectivity index (χ1n) is 9.02. The Labute approximate surface area is 194 Å². The molecule has 0 aliphatic rings. The number of methoxy groups -OCH3 is 1. The van der Waals surface area contributed by atoms with Crippen molar-refractivity contribution in [2.24, 2.45) is 0 Å². The summed E-state index contributed by atoms with van der Waals surface area (Å²) in [4.78, 5) is 12.0. The van der Waals surface area contributed by atoms with Crippen LogP contribution in [0.2, 0.25) is 10.0 Å². The van der Waals surface area contributed by atoms with E-state index >= 15 is 0 Å².